The Hall–Kier alpha value is -3.61. The summed E-state index contributed by atoms with van der Waals surface area (Å²) >= 11 is 0. The van der Waals surface area contributed by atoms with E-state index in [1.807, 2.05) is 12.2 Å². The number of esters is 2. The number of rotatable bonds is 15. The molecule has 4 aliphatic rings. The molecule has 54 heavy (non-hydrogen) atoms. The van der Waals surface area contributed by atoms with Crippen molar-refractivity contribution in [2.24, 2.45) is 10.8 Å². The van der Waals surface area contributed by atoms with Crippen LogP contribution >= 0.6 is 0 Å². The predicted octanol–water partition coefficient (Wildman–Crippen LogP) is 0.459. The Morgan fingerprint density at radius 3 is 1.74 bits per heavy atom. The summed E-state index contributed by atoms with van der Waals surface area (Å²) in [6.07, 6.45) is 7.89. The van der Waals surface area contributed by atoms with E-state index in [-0.39, 0.29) is 87.0 Å². The minimum Gasteiger partial charge on any atom is -0.463 e. The van der Waals surface area contributed by atoms with E-state index in [4.69, 9.17) is 40.4 Å². The van der Waals surface area contributed by atoms with Crippen LogP contribution in [0.4, 0.5) is 0 Å². The second-order valence-electron chi connectivity index (χ2n) is 13.8. The van der Waals surface area contributed by atoms with E-state index < -0.39 is 18.1 Å². The molecule has 0 saturated carbocycles. The van der Waals surface area contributed by atoms with Crippen molar-refractivity contribution in [1.29, 1.82) is 0 Å². The predicted molar refractivity (Wildman–Crippen MR) is 198 cm³/mol. The Labute approximate surface area is 317 Å². The molecule has 2 saturated heterocycles. The number of hydrogen-bond acceptors (Lipinski definition) is 14. The van der Waals surface area contributed by atoms with Gasteiger partial charge in [0, 0.05) is 55.1 Å². The maximum Gasteiger partial charge on any atom is 0.333 e. The van der Waals surface area contributed by atoms with Gasteiger partial charge in [-0.1, -0.05) is 17.3 Å². The van der Waals surface area contributed by atoms with Crippen LogP contribution in [-0.4, -0.2) is 158 Å². The van der Waals surface area contributed by atoms with E-state index in [2.05, 4.69) is 30.5 Å². The molecule has 8 atom stereocenters. The number of piperidine rings is 2. The molecule has 18 nitrogen and oxygen atoms in total. The summed E-state index contributed by atoms with van der Waals surface area (Å²) in [5.41, 5.74) is 16.3. The number of aliphatic hydroxyl groups excluding tert-OH is 2. The molecule has 4 rings (SSSR count). The van der Waals surface area contributed by atoms with Crippen LogP contribution in [0.1, 0.15) is 66.2 Å². The normalized spacial score (nSPS) is 28.9. The van der Waals surface area contributed by atoms with Crippen molar-refractivity contribution in [3.63, 3.8) is 0 Å². The fraction of sp³-hybridized carbons (Fsp3) is 0.778. The van der Waals surface area contributed by atoms with Gasteiger partial charge in [0.25, 0.3) is 0 Å². The molecule has 2 amide bonds. The fourth-order valence-corrected chi connectivity index (χ4v) is 7.59. The standard InChI is InChI=1S/C18H29N5O5.C18H31N3O5/c1-3-27-18(26)13-9-15(21-22-19)17(20-12(2)25)16(10-13)23-6-4-5-14(11-23)28-8-7-24;1-3-25-18(24)13-9-15(19)17(20-12(2)23)16(10-13)21-6-4-5-14(11-21)26-8-7-22/h10,14-17,24H,3-9,11H2,1-2H3,(H,20,25);10,14-17,22H,3-9,11,19H2,1-2H3,(H,20,23)/t2*14-,15-,16+,17+/m00/s1. The lowest BCUT2D eigenvalue weighted by molar-refractivity contribution is -0.139. The number of carbonyl (C=O) groups excluding carboxylic acids is 4. The van der Waals surface area contributed by atoms with Crippen LogP contribution in [-0.2, 0) is 38.1 Å². The molecule has 0 aromatic carbocycles. The number of aliphatic hydroxyl groups is 2. The third-order valence-corrected chi connectivity index (χ3v) is 9.81. The smallest absolute Gasteiger partial charge is 0.333 e. The van der Waals surface area contributed by atoms with Crippen molar-refractivity contribution >= 4 is 23.8 Å². The highest BCUT2D eigenvalue weighted by atomic mass is 16.5. The summed E-state index contributed by atoms with van der Waals surface area (Å²) in [6.45, 7) is 10.3. The van der Waals surface area contributed by atoms with Crippen molar-refractivity contribution in [2.75, 3.05) is 65.8 Å². The number of nitrogens with two attached hydrogens (primary N) is 1. The second kappa shape index (κ2) is 23.3. The van der Waals surface area contributed by atoms with Gasteiger partial charge in [-0.05, 0) is 71.0 Å². The second-order valence-corrected chi connectivity index (χ2v) is 13.8. The third-order valence-electron chi connectivity index (χ3n) is 9.81. The average Bonchev–Trinajstić information content (AvgIpc) is 3.14. The van der Waals surface area contributed by atoms with E-state index in [1.165, 1.54) is 13.8 Å². The Balaban J connectivity index is 0.000000291. The number of ether oxygens (including phenoxy) is 4. The Morgan fingerprint density at radius 2 is 1.30 bits per heavy atom. The van der Waals surface area contributed by atoms with Gasteiger partial charge in [-0.3, -0.25) is 19.4 Å². The van der Waals surface area contributed by atoms with Crippen LogP contribution < -0.4 is 16.4 Å². The number of nitrogens with zero attached hydrogens (tertiary/aromatic N) is 5. The average molecular weight is 765 g/mol. The lowest BCUT2D eigenvalue weighted by Crippen LogP contribution is -2.62. The molecule has 2 aliphatic carbocycles. The minimum atomic E-state index is -0.595. The lowest BCUT2D eigenvalue weighted by Gasteiger charge is -2.44. The highest BCUT2D eigenvalue weighted by Gasteiger charge is 2.41. The summed E-state index contributed by atoms with van der Waals surface area (Å²) in [5.74, 6) is -1.16. The number of azide groups is 1. The maximum atomic E-state index is 12.3. The summed E-state index contributed by atoms with van der Waals surface area (Å²) in [4.78, 5) is 55.2. The van der Waals surface area contributed by atoms with Crippen LogP contribution in [0.5, 0.6) is 0 Å². The highest BCUT2D eigenvalue weighted by molar-refractivity contribution is 5.89. The molecule has 2 heterocycles. The fourth-order valence-electron chi connectivity index (χ4n) is 7.59. The Bertz CT molecular complexity index is 1360. The molecule has 6 N–H and O–H groups in total. The van der Waals surface area contributed by atoms with Gasteiger partial charge < -0.3 is 45.5 Å². The molecule has 18 heteroatoms. The van der Waals surface area contributed by atoms with Gasteiger partial charge in [0.2, 0.25) is 11.8 Å². The van der Waals surface area contributed by atoms with Crippen LogP contribution in [0.15, 0.2) is 28.4 Å². The zero-order chi connectivity index (χ0) is 39.6. The van der Waals surface area contributed by atoms with Gasteiger partial charge >= 0.3 is 11.9 Å². The number of hydrogen-bond donors (Lipinski definition) is 5. The molecule has 0 aromatic rings. The molecule has 2 fully saturated rings. The number of amides is 2. The van der Waals surface area contributed by atoms with E-state index in [0.717, 1.165) is 38.8 Å². The summed E-state index contributed by atoms with van der Waals surface area (Å²) < 4.78 is 21.6. The first-order valence-electron chi connectivity index (χ1n) is 19.0. The molecule has 0 bridgehead atoms. The van der Waals surface area contributed by atoms with Gasteiger partial charge in [0.1, 0.15) is 0 Å². The van der Waals surface area contributed by atoms with E-state index in [9.17, 15) is 19.2 Å². The lowest BCUT2D eigenvalue weighted by atomic mass is 9.85. The van der Waals surface area contributed by atoms with Gasteiger partial charge in [-0.15, -0.1) is 0 Å². The van der Waals surface area contributed by atoms with Crippen molar-refractivity contribution in [2.45, 2.75) is 115 Å². The monoisotopic (exact) mass is 764 g/mol. The first-order chi connectivity index (χ1) is 25.9. The first-order valence-corrected chi connectivity index (χ1v) is 19.0. The zero-order valence-electron chi connectivity index (χ0n) is 32.1. The van der Waals surface area contributed by atoms with E-state index in [1.54, 1.807) is 13.8 Å². The number of carbonyl (C=O) groups is 4. The zero-order valence-corrected chi connectivity index (χ0v) is 32.1. The van der Waals surface area contributed by atoms with Crippen LogP contribution in [0.2, 0.25) is 0 Å². The maximum absolute atomic E-state index is 12.3. The van der Waals surface area contributed by atoms with Gasteiger partial charge in [-0.25, -0.2) is 9.59 Å². The van der Waals surface area contributed by atoms with Crippen LogP contribution in [0.3, 0.4) is 0 Å². The Kier molecular flexibility index (Phi) is 19.4. The van der Waals surface area contributed by atoms with Crippen LogP contribution in [0.25, 0.3) is 10.4 Å². The quantitative estimate of drug-likeness (QED) is 0.0659. The molecule has 0 radical (unpaired) electrons. The molecular weight excluding hydrogens is 704 g/mol. The van der Waals surface area contributed by atoms with Gasteiger partial charge in [0.15, 0.2) is 0 Å². The van der Waals surface area contributed by atoms with Gasteiger partial charge in [-0.2, -0.15) is 0 Å². The van der Waals surface area contributed by atoms with Crippen molar-refractivity contribution in [3.8, 4) is 0 Å². The number of nitrogens with one attached hydrogen (secondary N) is 2. The van der Waals surface area contributed by atoms with Crippen molar-refractivity contribution < 1.29 is 48.3 Å². The van der Waals surface area contributed by atoms with Crippen molar-refractivity contribution in [1.82, 2.24) is 20.4 Å². The molecule has 2 aliphatic heterocycles. The first kappa shape index (κ1) is 44.8. The molecular formula is C36H60N8O10. The van der Waals surface area contributed by atoms with E-state index >= 15 is 0 Å². The minimum absolute atomic E-state index is 0.00771. The highest BCUT2D eigenvalue weighted by Crippen LogP contribution is 2.30. The SMILES string of the molecule is CCOC(=O)C1=C[C@@H](N2CCC[C@H](OCCO)C2)[C@H](NC(C)=O)[C@@H](N)C1.CCOC(=O)C1=C[C@@H](N2CCC[C@H](OCCO)C2)[C@H](NC(C)=O)[C@@H](N=[N+]=[N-])C1. The van der Waals surface area contributed by atoms with Gasteiger partial charge in [0.05, 0.1) is 76.0 Å². The third kappa shape index (κ3) is 13.6. The number of likely N-dealkylation sites (tertiary alicyclic amines) is 2. The van der Waals surface area contributed by atoms with Crippen molar-refractivity contribution in [3.05, 3.63) is 33.7 Å². The molecule has 0 aromatic heterocycles. The molecule has 0 spiro atoms. The molecule has 304 valence electrons. The summed E-state index contributed by atoms with van der Waals surface area (Å²) in [6, 6.07) is -2.21. The summed E-state index contributed by atoms with van der Waals surface area (Å²) in [7, 11) is 0. The summed E-state index contributed by atoms with van der Waals surface area (Å²) in [5, 5.41) is 27.7. The largest absolute Gasteiger partial charge is 0.463 e. The topological polar surface area (TPSA) is 251 Å². The van der Waals surface area contributed by atoms with E-state index in [0.29, 0.717) is 43.9 Å². The Morgan fingerprint density at radius 1 is 0.833 bits per heavy atom. The van der Waals surface area contributed by atoms with Crippen LogP contribution in [0, 0.1) is 0 Å². The molecule has 0 unspecified atom stereocenters.